The first-order valence-corrected chi connectivity index (χ1v) is 11.0. The molecule has 1 aromatic carbocycles. The maximum atomic E-state index is 12.1. The summed E-state index contributed by atoms with van der Waals surface area (Å²) in [5, 5.41) is 9.63. The Morgan fingerprint density at radius 1 is 1.29 bits per heavy atom. The molecule has 1 saturated heterocycles. The van der Waals surface area contributed by atoms with Crippen molar-refractivity contribution in [1.29, 1.82) is 0 Å². The summed E-state index contributed by atoms with van der Waals surface area (Å²) in [4.78, 5) is 14.3. The van der Waals surface area contributed by atoms with Gasteiger partial charge in [0.15, 0.2) is 0 Å². The monoisotopic (exact) mass is 428 g/mol. The fourth-order valence-corrected chi connectivity index (χ4v) is 4.22. The SMILES string of the molecule is CCOCCCNC(=O)CCC1=NNC2C3CC(c4ccc(OC)cc4)NN3C=CN12. The molecule has 0 aromatic heterocycles. The first kappa shape index (κ1) is 21.5. The van der Waals surface area contributed by atoms with Crippen LogP contribution < -0.4 is 20.9 Å². The number of carbonyl (C=O) groups is 1. The average Bonchev–Trinajstić information content (AvgIpc) is 3.41. The minimum Gasteiger partial charge on any atom is -0.497 e. The van der Waals surface area contributed by atoms with Crippen molar-refractivity contribution >= 4 is 11.7 Å². The Morgan fingerprint density at radius 2 is 2.13 bits per heavy atom. The van der Waals surface area contributed by atoms with E-state index in [4.69, 9.17) is 9.47 Å². The Hall–Kier alpha value is -2.78. The van der Waals surface area contributed by atoms with E-state index in [1.807, 2.05) is 25.3 Å². The van der Waals surface area contributed by atoms with E-state index in [2.05, 4.69) is 49.5 Å². The summed E-state index contributed by atoms with van der Waals surface area (Å²) in [5.74, 6) is 1.81. The van der Waals surface area contributed by atoms with E-state index in [1.54, 1.807) is 7.11 Å². The Morgan fingerprint density at radius 3 is 2.90 bits per heavy atom. The van der Waals surface area contributed by atoms with Gasteiger partial charge in [0, 0.05) is 45.0 Å². The Bertz CT molecular complexity index is 812. The highest BCUT2D eigenvalue weighted by molar-refractivity contribution is 5.89. The number of hydrazine groups is 1. The number of hydrogen-bond donors (Lipinski definition) is 3. The molecule has 3 aliphatic heterocycles. The zero-order valence-electron chi connectivity index (χ0n) is 18.2. The lowest BCUT2D eigenvalue weighted by molar-refractivity contribution is -0.121. The number of amidine groups is 1. The van der Waals surface area contributed by atoms with Gasteiger partial charge in [-0.3, -0.25) is 10.2 Å². The zero-order chi connectivity index (χ0) is 21.6. The maximum Gasteiger partial charge on any atom is 0.220 e. The molecule has 0 bridgehead atoms. The molecule has 0 spiro atoms. The molecule has 3 atom stereocenters. The second-order valence-electron chi connectivity index (χ2n) is 7.87. The summed E-state index contributed by atoms with van der Waals surface area (Å²) < 4.78 is 10.6. The van der Waals surface area contributed by atoms with Gasteiger partial charge in [-0.1, -0.05) is 12.1 Å². The standard InChI is InChI=1S/C22H32N6O3/c1-3-31-14-4-11-23-21(29)10-9-20-24-25-22-19-15-18(26-28(19)13-12-27(20)22)16-5-7-17(30-2)8-6-16/h5-8,12-13,18-19,22,25-26H,3-4,9-11,14-15H2,1-2H3,(H,23,29). The molecule has 3 heterocycles. The molecule has 0 radical (unpaired) electrons. The Labute approximate surface area is 183 Å². The van der Waals surface area contributed by atoms with Crippen LogP contribution in [0.15, 0.2) is 41.8 Å². The third-order valence-corrected chi connectivity index (χ3v) is 5.90. The first-order chi connectivity index (χ1) is 15.2. The van der Waals surface area contributed by atoms with Gasteiger partial charge in [0.1, 0.15) is 17.8 Å². The largest absolute Gasteiger partial charge is 0.497 e. The third kappa shape index (κ3) is 4.94. The molecule has 9 heteroatoms. The fraction of sp³-hybridized carbons (Fsp3) is 0.545. The highest BCUT2D eigenvalue weighted by atomic mass is 16.5. The molecule has 31 heavy (non-hydrogen) atoms. The van der Waals surface area contributed by atoms with Crippen LogP contribution in [0.4, 0.5) is 0 Å². The summed E-state index contributed by atoms with van der Waals surface area (Å²) in [6.07, 6.45) is 6.96. The molecular weight excluding hydrogens is 396 g/mol. The quantitative estimate of drug-likeness (QED) is 0.489. The van der Waals surface area contributed by atoms with E-state index >= 15 is 0 Å². The molecule has 4 rings (SSSR count). The highest BCUT2D eigenvalue weighted by Gasteiger charge is 2.44. The third-order valence-electron chi connectivity index (χ3n) is 5.90. The summed E-state index contributed by atoms with van der Waals surface area (Å²) >= 11 is 0. The maximum absolute atomic E-state index is 12.1. The van der Waals surface area contributed by atoms with E-state index in [0.717, 1.165) is 24.4 Å². The van der Waals surface area contributed by atoms with Gasteiger partial charge < -0.3 is 24.7 Å². The number of amides is 1. The van der Waals surface area contributed by atoms with Crippen LogP contribution >= 0.6 is 0 Å². The summed E-state index contributed by atoms with van der Waals surface area (Å²) in [6, 6.07) is 8.67. The molecule has 1 amide bonds. The molecule has 3 aliphatic rings. The molecule has 168 valence electrons. The molecule has 0 saturated carbocycles. The van der Waals surface area contributed by atoms with E-state index in [0.29, 0.717) is 32.6 Å². The van der Waals surface area contributed by atoms with Crippen molar-refractivity contribution in [3.63, 3.8) is 0 Å². The molecule has 0 aliphatic carbocycles. The second-order valence-corrected chi connectivity index (χ2v) is 7.87. The van der Waals surface area contributed by atoms with Crippen LogP contribution in [-0.4, -0.2) is 60.7 Å². The van der Waals surface area contributed by atoms with E-state index in [9.17, 15) is 4.79 Å². The van der Waals surface area contributed by atoms with E-state index in [1.165, 1.54) is 5.56 Å². The van der Waals surface area contributed by atoms with Crippen LogP contribution in [0, 0.1) is 0 Å². The van der Waals surface area contributed by atoms with Crippen molar-refractivity contribution in [2.24, 2.45) is 5.10 Å². The van der Waals surface area contributed by atoms with Crippen molar-refractivity contribution in [2.45, 2.75) is 50.9 Å². The molecule has 3 N–H and O–H groups in total. The minimum atomic E-state index is 0.0485. The number of benzene rings is 1. The number of nitrogens with one attached hydrogen (secondary N) is 3. The summed E-state index contributed by atoms with van der Waals surface area (Å²) in [6.45, 7) is 4.00. The Balaban J connectivity index is 1.26. The van der Waals surface area contributed by atoms with Crippen LogP contribution in [-0.2, 0) is 9.53 Å². The van der Waals surface area contributed by atoms with Gasteiger partial charge >= 0.3 is 0 Å². The predicted octanol–water partition coefficient (Wildman–Crippen LogP) is 1.67. The van der Waals surface area contributed by atoms with Gasteiger partial charge in [-0.2, -0.15) is 5.10 Å². The minimum absolute atomic E-state index is 0.0485. The summed E-state index contributed by atoms with van der Waals surface area (Å²) in [7, 11) is 1.68. The van der Waals surface area contributed by atoms with Crippen LogP contribution in [0.25, 0.3) is 0 Å². The first-order valence-electron chi connectivity index (χ1n) is 11.0. The van der Waals surface area contributed by atoms with Crippen molar-refractivity contribution in [3.8, 4) is 5.75 Å². The number of methoxy groups -OCH3 is 1. The number of nitrogens with zero attached hydrogens (tertiary/aromatic N) is 3. The van der Waals surface area contributed by atoms with Gasteiger partial charge in [0.25, 0.3) is 0 Å². The number of hydrogen-bond acceptors (Lipinski definition) is 8. The number of hydrazone groups is 1. The molecule has 9 nitrogen and oxygen atoms in total. The van der Waals surface area contributed by atoms with E-state index < -0.39 is 0 Å². The number of carbonyl (C=O) groups excluding carboxylic acids is 1. The topological polar surface area (TPSA) is 90.5 Å². The number of ether oxygens (including phenoxy) is 2. The lowest BCUT2D eigenvalue weighted by Gasteiger charge is -2.37. The zero-order valence-corrected chi connectivity index (χ0v) is 18.2. The fourth-order valence-electron chi connectivity index (χ4n) is 4.22. The lowest BCUT2D eigenvalue weighted by Crippen LogP contribution is -2.54. The van der Waals surface area contributed by atoms with Crippen LogP contribution in [0.2, 0.25) is 0 Å². The molecule has 1 aromatic rings. The average molecular weight is 429 g/mol. The highest BCUT2D eigenvalue weighted by Crippen LogP contribution is 2.34. The van der Waals surface area contributed by atoms with Crippen molar-refractivity contribution < 1.29 is 14.3 Å². The molecule has 1 fully saturated rings. The molecule has 3 unspecified atom stereocenters. The van der Waals surface area contributed by atoms with Gasteiger partial charge in [-0.05, 0) is 37.5 Å². The van der Waals surface area contributed by atoms with E-state index in [-0.39, 0.29) is 24.2 Å². The lowest BCUT2D eigenvalue weighted by atomic mass is 9.99. The van der Waals surface area contributed by atoms with Crippen molar-refractivity contribution in [1.82, 2.24) is 26.1 Å². The van der Waals surface area contributed by atoms with Crippen LogP contribution in [0.3, 0.4) is 0 Å². The van der Waals surface area contributed by atoms with Crippen LogP contribution in [0.1, 0.15) is 44.2 Å². The second kappa shape index (κ2) is 10.0. The van der Waals surface area contributed by atoms with Gasteiger partial charge in [-0.15, -0.1) is 0 Å². The predicted molar refractivity (Wildman–Crippen MR) is 118 cm³/mol. The Kier molecular flexibility index (Phi) is 6.93. The number of rotatable bonds is 10. The summed E-state index contributed by atoms with van der Waals surface area (Å²) in [5.41, 5.74) is 8.08. The van der Waals surface area contributed by atoms with Gasteiger partial charge in [-0.25, -0.2) is 5.43 Å². The van der Waals surface area contributed by atoms with Crippen molar-refractivity contribution in [2.75, 3.05) is 26.9 Å². The normalized spacial score (nSPS) is 23.8. The van der Waals surface area contributed by atoms with Crippen LogP contribution in [0.5, 0.6) is 5.75 Å². The number of fused-ring (bicyclic) bond motifs is 3. The van der Waals surface area contributed by atoms with Crippen molar-refractivity contribution in [3.05, 3.63) is 42.2 Å². The smallest absolute Gasteiger partial charge is 0.220 e. The van der Waals surface area contributed by atoms with Gasteiger partial charge in [0.05, 0.1) is 19.2 Å². The van der Waals surface area contributed by atoms with Gasteiger partial charge in [0.2, 0.25) is 5.91 Å². The molecular formula is C22H32N6O3.